The quantitative estimate of drug-likeness (QED) is 0.471. The van der Waals surface area contributed by atoms with Crippen molar-refractivity contribution < 1.29 is 23.9 Å². The number of para-hydroxylation sites is 2. The van der Waals surface area contributed by atoms with Crippen molar-refractivity contribution in [2.45, 2.75) is 39.2 Å². The van der Waals surface area contributed by atoms with Crippen LogP contribution in [-0.4, -0.2) is 17.8 Å². The van der Waals surface area contributed by atoms with Crippen LogP contribution in [0.4, 0.5) is 5.69 Å². The van der Waals surface area contributed by atoms with Crippen LogP contribution in [0.5, 0.6) is 11.5 Å². The number of nitriles is 1. The second-order valence-corrected chi connectivity index (χ2v) is 9.29. The summed E-state index contributed by atoms with van der Waals surface area (Å²) >= 11 is 0. The predicted molar refractivity (Wildman–Crippen MR) is 126 cm³/mol. The SMILES string of the molecule is COc1ccc([C@H]2C(C#N)=C(N)OC3=C2C(=O)CC(C)(C)C3)cc1COc1ccccc1[N+](=O)[O-]. The Morgan fingerprint density at radius 1 is 1.23 bits per heavy atom. The largest absolute Gasteiger partial charge is 0.496 e. The normalized spacial score (nSPS) is 18.9. The minimum atomic E-state index is -0.692. The van der Waals surface area contributed by atoms with Crippen LogP contribution in [0.3, 0.4) is 0 Å². The summed E-state index contributed by atoms with van der Waals surface area (Å²) in [6.45, 7) is 3.94. The summed E-state index contributed by atoms with van der Waals surface area (Å²) in [4.78, 5) is 24.0. The topological polar surface area (TPSA) is 138 Å². The number of Topliss-reactive ketones (excluding diaryl/α,β-unsaturated/α-hetero) is 1. The number of allylic oxidation sites excluding steroid dienone is 3. The number of carbonyl (C=O) groups excluding carboxylic acids is 1. The number of nitrogens with zero attached hydrogens (tertiary/aromatic N) is 2. The molecule has 0 fully saturated rings. The standard InChI is InChI=1S/C26H25N3O6/c1-26(2)11-19(30)24-22(12-26)35-25(28)17(13-27)23(24)15-8-9-20(33-3)16(10-15)14-34-21-7-5-4-6-18(21)29(31)32/h4-10,23H,11-12,14,28H2,1-3H3/t23-/m0/s1. The lowest BCUT2D eigenvalue weighted by Gasteiger charge is -2.37. The zero-order valence-corrected chi connectivity index (χ0v) is 19.7. The molecule has 1 heterocycles. The summed E-state index contributed by atoms with van der Waals surface area (Å²) in [6, 6.07) is 13.5. The van der Waals surface area contributed by atoms with E-state index in [0.29, 0.717) is 41.1 Å². The third kappa shape index (κ3) is 4.55. The van der Waals surface area contributed by atoms with Gasteiger partial charge >= 0.3 is 5.69 Å². The molecule has 9 nitrogen and oxygen atoms in total. The number of nitrogens with two attached hydrogens (primary N) is 1. The third-order valence-corrected chi connectivity index (χ3v) is 6.16. The maximum absolute atomic E-state index is 13.2. The molecule has 0 saturated carbocycles. The molecule has 9 heteroatoms. The van der Waals surface area contributed by atoms with Gasteiger partial charge in [0.05, 0.1) is 18.0 Å². The van der Waals surface area contributed by atoms with Crippen LogP contribution < -0.4 is 15.2 Å². The lowest BCUT2D eigenvalue weighted by Crippen LogP contribution is -2.33. The maximum Gasteiger partial charge on any atom is 0.310 e. The fourth-order valence-electron chi connectivity index (χ4n) is 4.59. The zero-order valence-electron chi connectivity index (χ0n) is 19.7. The monoisotopic (exact) mass is 475 g/mol. The minimum absolute atomic E-state index is 0.0183. The van der Waals surface area contributed by atoms with Crippen molar-refractivity contribution >= 4 is 11.5 Å². The fraction of sp³-hybridized carbons (Fsp3) is 0.308. The molecule has 2 N–H and O–H groups in total. The molecule has 1 aliphatic heterocycles. The molecule has 2 aliphatic rings. The van der Waals surface area contributed by atoms with Gasteiger partial charge < -0.3 is 19.9 Å². The molecule has 0 saturated heterocycles. The van der Waals surface area contributed by atoms with Crippen LogP contribution in [0.25, 0.3) is 0 Å². The smallest absolute Gasteiger partial charge is 0.310 e. The van der Waals surface area contributed by atoms with Gasteiger partial charge in [0.15, 0.2) is 11.5 Å². The predicted octanol–water partition coefficient (Wildman–Crippen LogP) is 4.63. The number of methoxy groups -OCH3 is 1. The molecular weight excluding hydrogens is 450 g/mol. The Bertz CT molecular complexity index is 1320. The molecule has 1 atom stereocenters. The van der Waals surface area contributed by atoms with Crippen molar-refractivity contribution in [2.24, 2.45) is 11.1 Å². The number of hydrogen-bond acceptors (Lipinski definition) is 8. The molecule has 0 aromatic heterocycles. The molecular formula is C26H25N3O6. The second-order valence-electron chi connectivity index (χ2n) is 9.29. The molecule has 1 aliphatic carbocycles. The van der Waals surface area contributed by atoms with E-state index >= 15 is 0 Å². The Hall–Kier alpha value is -4.32. The van der Waals surface area contributed by atoms with Crippen molar-refractivity contribution in [3.8, 4) is 17.6 Å². The summed E-state index contributed by atoms with van der Waals surface area (Å²) in [5.41, 5.74) is 7.51. The van der Waals surface area contributed by atoms with E-state index in [9.17, 15) is 20.2 Å². The van der Waals surface area contributed by atoms with E-state index in [0.717, 1.165) is 0 Å². The molecule has 180 valence electrons. The van der Waals surface area contributed by atoms with E-state index in [1.54, 1.807) is 30.3 Å². The summed E-state index contributed by atoms with van der Waals surface area (Å²) in [5, 5.41) is 21.2. The Balaban J connectivity index is 1.75. The Morgan fingerprint density at radius 2 is 1.97 bits per heavy atom. The third-order valence-electron chi connectivity index (χ3n) is 6.16. The number of benzene rings is 2. The Morgan fingerprint density at radius 3 is 2.66 bits per heavy atom. The average molecular weight is 476 g/mol. The van der Waals surface area contributed by atoms with Crippen molar-refractivity contribution in [1.29, 1.82) is 5.26 Å². The van der Waals surface area contributed by atoms with Crippen molar-refractivity contribution in [2.75, 3.05) is 7.11 Å². The second kappa shape index (κ2) is 9.14. The summed E-state index contributed by atoms with van der Waals surface area (Å²) in [5.74, 6) is 0.308. The lowest BCUT2D eigenvalue weighted by atomic mass is 9.70. The van der Waals surface area contributed by atoms with E-state index < -0.39 is 10.8 Å². The summed E-state index contributed by atoms with van der Waals surface area (Å²) in [6.07, 6.45) is 0.849. The van der Waals surface area contributed by atoms with Gasteiger partial charge in [-0.05, 0) is 29.2 Å². The number of ketones is 1. The van der Waals surface area contributed by atoms with Crippen molar-refractivity contribution in [3.05, 3.63) is 86.5 Å². The van der Waals surface area contributed by atoms with Crippen molar-refractivity contribution in [3.63, 3.8) is 0 Å². The van der Waals surface area contributed by atoms with Crippen molar-refractivity contribution in [1.82, 2.24) is 0 Å². The molecule has 0 bridgehead atoms. The fourth-order valence-corrected chi connectivity index (χ4v) is 4.59. The van der Waals surface area contributed by atoms with Crippen LogP contribution in [0.1, 0.15) is 43.7 Å². The summed E-state index contributed by atoms with van der Waals surface area (Å²) < 4.78 is 17.0. The number of rotatable bonds is 6. The van der Waals surface area contributed by atoms with Gasteiger partial charge in [-0.1, -0.05) is 32.0 Å². The van der Waals surface area contributed by atoms with Gasteiger partial charge in [-0.2, -0.15) is 5.26 Å². The maximum atomic E-state index is 13.2. The number of nitro groups is 1. The Kier molecular flexibility index (Phi) is 6.22. The van der Waals surface area contributed by atoms with Gasteiger partial charge in [0, 0.05) is 30.0 Å². The molecule has 4 rings (SSSR count). The van der Waals surface area contributed by atoms with Gasteiger partial charge in [-0.15, -0.1) is 0 Å². The highest BCUT2D eigenvalue weighted by Gasteiger charge is 2.43. The van der Waals surface area contributed by atoms with Gasteiger partial charge in [-0.25, -0.2) is 0 Å². The average Bonchev–Trinajstić information content (AvgIpc) is 2.81. The first-order valence-corrected chi connectivity index (χ1v) is 11.0. The number of nitro benzene ring substituents is 1. The molecule has 0 amide bonds. The zero-order chi connectivity index (χ0) is 25.3. The van der Waals surface area contributed by atoms with Crippen LogP contribution in [0.2, 0.25) is 0 Å². The first-order valence-electron chi connectivity index (χ1n) is 11.0. The van der Waals surface area contributed by atoms with E-state index in [-0.39, 0.29) is 40.7 Å². The molecule has 2 aromatic rings. The van der Waals surface area contributed by atoms with Gasteiger partial charge in [0.2, 0.25) is 5.88 Å². The lowest BCUT2D eigenvalue weighted by molar-refractivity contribution is -0.385. The highest BCUT2D eigenvalue weighted by molar-refractivity contribution is 6.00. The first kappa shape index (κ1) is 23.8. The van der Waals surface area contributed by atoms with Crippen LogP contribution in [0.15, 0.2) is 65.3 Å². The highest BCUT2D eigenvalue weighted by Crippen LogP contribution is 2.48. The number of carbonyl (C=O) groups is 1. The highest BCUT2D eigenvalue weighted by atomic mass is 16.6. The molecule has 2 aromatic carbocycles. The van der Waals surface area contributed by atoms with E-state index in [1.165, 1.54) is 19.2 Å². The van der Waals surface area contributed by atoms with Crippen LogP contribution >= 0.6 is 0 Å². The number of ether oxygens (including phenoxy) is 3. The molecule has 35 heavy (non-hydrogen) atoms. The van der Waals surface area contributed by atoms with Gasteiger partial charge in [0.25, 0.3) is 0 Å². The first-order chi connectivity index (χ1) is 16.6. The molecule has 0 spiro atoms. The summed E-state index contributed by atoms with van der Waals surface area (Å²) in [7, 11) is 1.50. The molecule has 0 unspecified atom stereocenters. The number of hydrogen-bond donors (Lipinski definition) is 1. The van der Waals surface area contributed by atoms with Crippen LogP contribution in [-0.2, 0) is 16.1 Å². The Labute approximate surface area is 202 Å². The van der Waals surface area contributed by atoms with E-state index in [2.05, 4.69) is 6.07 Å². The van der Waals surface area contributed by atoms with Gasteiger partial charge in [0.1, 0.15) is 29.8 Å². The van der Waals surface area contributed by atoms with E-state index in [1.807, 2.05) is 13.8 Å². The van der Waals surface area contributed by atoms with Gasteiger partial charge in [-0.3, -0.25) is 14.9 Å². The van der Waals surface area contributed by atoms with E-state index in [4.69, 9.17) is 19.9 Å². The van der Waals surface area contributed by atoms with Crippen LogP contribution in [0, 0.1) is 26.9 Å². The minimum Gasteiger partial charge on any atom is -0.496 e. The molecule has 0 radical (unpaired) electrons.